The number of thiophene rings is 1. The summed E-state index contributed by atoms with van der Waals surface area (Å²) in [4.78, 5) is 19.6. The van der Waals surface area contributed by atoms with Crippen LogP contribution in [-0.4, -0.2) is 10.8 Å². The largest absolute Gasteiger partial charge is 0.397 e. The number of carbonyl (C=O) groups is 1. The summed E-state index contributed by atoms with van der Waals surface area (Å²) in [6, 6.07) is 35.7. The van der Waals surface area contributed by atoms with Crippen molar-refractivity contribution in [2.75, 3.05) is 5.73 Å². The highest BCUT2D eigenvalue weighted by Gasteiger charge is 2.22. The summed E-state index contributed by atoms with van der Waals surface area (Å²) in [7, 11) is 0. The van der Waals surface area contributed by atoms with Gasteiger partial charge in [-0.3, -0.25) is 4.79 Å². The Balaban J connectivity index is 1.47. The smallest absolute Gasteiger partial charge is 0.205 e. The van der Waals surface area contributed by atoms with Gasteiger partial charge in [0.15, 0.2) is 0 Å². The topological polar surface area (TPSA) is 56.0 Å². The van der Waals surface area contributed by atoms with Crippen LogP contribution in [0.1, 0.15) is 15.2 Å². The molecule has 3 nitrogen and oxygen atoms in total. The van der Waals surface area contributed by atoms with Crippen molar-refractivity contribution in [2.45, 2.75) is 0 Å². The van der Waals surface area contributed by atoms with Crippen molar-refractivity contribution in [3.05, 3.63) is 132 Å². The summed E-state index contributed by atoms with van der Waals surface area (Å²) in [5, 5.41) is 0.709. The predicted molar refractivity (Wildman–Crippen MR) is 150 cm³/mol. The second kappa shape index (κ2) is 9.45. The van der Waals surface area contributed by atoms with Crippen LogP contribution < -0.4 is 5.73 Å². The van der Waals surface area contributed by atoms with Gasteiger partial charge in [-0.15, -0.1) is 11.3 Å². The van der Waals surface area contributed by atoms with E-state index in [0.717, 1.165) is 33.5 Å². The molecule has 2 heterocycles. The van der Waals surface area contributed by atoms with E-state index in [2.05, 4.69) is 0 Å². The van der Waals surface area contributed by atoms with Crippen molar-refractivity contribution >= 4 is 33.0 Å². The van der Waals surface area contributed by atoms with Gasteiger partial charge in [0.2, 0.25) is 5.78 Å². The van der Waals surface area contributed by atoms with Crippen molar-refractivity contribution in [3.63, 3.8) is 0 Å². The maximum atomic E-state index is 13.7. The fourth-order valence-electron chi connectivity index (χ4n) is 4.48. The van der Waals surface area contributed by atoms with Crippen molar-refractivity contribution < 1.29 is 9.18 Å². The summed E-state index contributed by atoms with van der Waals surface area (Å²) >= 11 is 1.29. The molecule has 178 valence electrons. The quantitative estimate of drug-likeness (QED) is 0.243. The first kappa shape index (κ1) is 22.8. The number of hydrogen-bond acceptors (Lipinski definition) is 4. The van der Waals surface area contributed by atoms with Crippen LogP contribution in [0.5, 0.6) is 0 Å². The molecule has 6 rings (SSSR count). The van der Waals surface area contributed by atoms with Crippen molar-refractivity contribution in [1.82, 2.24) is 4.98 Å². The molecule has 2 aromatic heterocycles. The molecule has 0 radical (unpaired) electrons. The molecule has 4 aromatic carbocycles. The highest BCUT2D eigenvalue weighted by Crippen LogP contribution is 2.42. The number of nitrogens with zero attached hydrogens (tertiary/aromatic N) is 1. The lowest BCUT2D eigenvalue weighted by atomic mass is 9.98. The van der Waals surface area contributed by atoms with E-state index < -0.39 is 0 Å². The number of benzene rings is 4. The SMILES string of the molecule is Nc1c(C(=O)c2ccc(-c3ccccc3)cc2)sc2nc(-c3ccccc3)cc(-c3ccc(F)cc3)c12. The molecular weight excluding hydrogens is 479 g/mol. The van der Waals surface area contributed by atoms with Gasteiger partial charge in [0.25, 0.3) is 0 Å². The Morgan fingerprint density at radius 3 is 1.92 bits per heavy atom. The van der Waals surface area contributed by atoms with E-state index in [1.165, 1.54) is 23.5 Å². The van der Waals surface area contributed by atoms with E-state index in [9.17, 15) is 9.18 Å². The number of nitrogens with two attached hydrogens (primary N) is 1. The maximum absolute atomic E-state index is 13.7. The lowest BCUT2D eigenvalue weighted by Crippen LogP contribution is -2.02. The number of nitrogen functional groups attached to an aromatic ring is 1. The highest BCUT2D eigenvalue weighted by molar-refractivity contribution is 7.21. The molecular formula is C32H21FN2OS. The fourth-order valence-corrected chi connectivity index (χ4v) is 5.56. The van der Waals surface area contributed by atoms with Crippen LogP contribution in [0.15, 0.2) is 115 Å². The van der Waals surface area contributed by atoms with E-state index in [-0.39, 0.29) is 11.6 Å². The minimum absolute atomic E-state index is 0.147. The maximum Gasteiger partial charge on any atom is 0.205 e. The van der Waals surface area contributed by atoms with E-state index in [1.54, 1.807) is 12.1 Å². The number of ketones is 1. The Morgan fingerprint density at radius 1 is 0.703 bits per heavy atom. The Kier molecular flexibility index (Phi) is 5.83. The van der Waals surface area contributed by atoms with Gasteiger partial charge >= 0.3 is 0 Å². The van der Waals surface area contributed by atoms with Gasteiger partial charge in [0.1, 0.15) is 15.5 Å². The van der Waals surface area contributed by atoms with Crippen molar-refractivity contribution in [3.8, 4) is 33.5 Å². The number of halogens is 1. The Labute approximate surface area is 217 Å². The molecule has 0 aliphatic rings. The van der Waals surface area contributed by atoms with Gasteiger partial charge in [-0.1, -0.05) is 97.1 Å². The molecule has 0 fully saturated rings. The molecule has 0 atom stereocenters. The monoisotopic (exact) mass is 500 g/mol. The first-order valence-corrected chi connectivity index (χ1v) is 12.6. The zero-order chi connectivity index (χ0) is 25.4. The Morgan fingerprint density at radius 2 is 1.27 bits per heavy atom. The normalized spacial score (nSPS) is 11.1. The third kappa shape index (κ3) is 4.30. The summed E-state index contributed by atoms with van der Waals surface area (Å²) in [6.45, 7) is 0. The minimum atomic E-state index is -0.314. The lowest BCUT2D eigenvalue weighted by Gasteiger charge is -2.09. The lowest BCUT2D eigenvalue weighted by molar-refractivity contribution is 0.104. The van der Waals surface area contributed by atoms with Crippen molar-refractivity contribution in [1.29, 1.82) is 0 Å². The highest BCUT2D eigenvalue weighted by atomic mass is 32.1. The summed E-state index contributed by atoms with van der Waals surface area (Å²) in [5.41, 5.74) is 13.0. The summed E-state index contributed by atoms with van der Waals surface area (Å²) in [5.74, 6) is -0.461. The van der Waals surface area contributed by atoms with E-state index in [1.807, 2.05) is 91.0 Å². The van der Waals surface area contributed by atoms with Crippen LogP contribution >= 0.6 is 11.3 Å². The number of rotatable bonds is 5. The minimum Gasteiger partial charge on any atom is -0.397 e. The molecule has 0 aliphatic carbocycles. The zero-order valence-electron chi connectivity index (χ0n) is 19.7. The van der Waals surface area contributed by atoms with Crippen LogP contribution in [-0.2, 0) is 0 Å². The van der Waals surface area contributed by atoms with Crippen LogP contribution in [0.4, 0.5) is 10.1 Å². The van der Waals surface area contributed by atoms with Crippen LogP contribution in [0.25, 0.3) is 43.7 Å². The Bertz CT molecular complexity index is 1730. The van der Waals surface area contributed by atoms with Gasteiger partial charge in [0, 0.05) is 16.5 Å². The first-order valence-electron chi connectivity index (χ1n) is 11.8. The zero-order valence-corrected chi connectivity index (χ0v) is 20.5. The van der Waals surface area contributed by atoms with Gasteiger partial charge in [-0.25, -0.2) is 9.37 Å². The van der Waals surface area contributed by atoms with Crippen LogP contribution in [0, 0.1) is 5.82 Å². The van der Waals surface area contributed by atoms with E-state index in [0.29, 0.717) is 26.3 Å². The van der Waals surface area contributed by atoms with Crippen LogP contribution in [0.2, 0.25) is 0 Å². The third-order valence-corrected chi connectivity index (χ3v) is 7.48. The second-order valence-electron chi connectivity index (χ2n) is 8.73. The predicted octanol–water partition coefficient (Wildman–Crippen LogP) is 8.25. The number of fused-ring (bicyclic) bond motifs is 1. The van der Waals surface area contributed by atoms with E-state index >= 15 is 0 Å². The molecule has 0 spiro atoms. The molecule has 0 amide bonds. The number of carbonyl (C=O) groups excluding carboxylic acids is 1. The molecule has 0 aliphatic heterocycles. The van der Waals surface area contributed by atoms with Crippen molar-refractivity contribution in [2.24, 2.45) is 0 Å². The summed E-state index contributed by atoms with van der Waals surface area (Å²) < 4.78 is 13.7. The van der Waals surface area contributed by atoms with Crippen LogP contribution in [0.3, 0.4) is 0 Å². The molecule has 0 bridgehead atoms. The number of pyridine rings is 1. The average Bonchev–Trinajstić information content (AvgIpc) is 3.30. The molecule has 0 saturated carbocycles. The first-order chi connectivity index (χ1) is 18.1. The standard InChI is InChI=1S/C32H21FN2OS/c33-25-17-15-22(16-18-25)26-19-27(23-9-5-2-6-10-23)35-32-28(26)29(34)31(37-32)30(36)24-13-11-21(12-14-24)20-7-3-1-4-8-20/h1-19H,34H2. The van der Waals surface area contributed by atoms with Gasteiger partial charge in [-0.2, -0.15) is 0 Å². The molecule has 0 unspecified atom stereocenters. The number of anilines is 1. The fraction of sp³-hybridized carbons (Fsp3) is 0. The molecule has 5 heteroatoms. The van der Waals surface area contributed by atoms with Gasteiger partial charge in [0.05, 0.1) is 11.4 Å². The molecule has 2 N–H and O–H groups in total. The van der Waals surface area contributed by atoms with Gasteiger partial charge < -0.3 is 5.73 Å². The molecule has 6 aromatic rings. The molecule has 37 heavy (non-hydrogen) atoms. The van der Waals surface area contributed by atoms with E-state index in [4.69, 9.17) is 10.7 Å². The molecule has 0 saturated heterocycles. The number of aromatic nitrogens is 1. The second-order valence-corrected chi connectivity index (χ2v) is 9.72. The summed E-state index contributed by atoms with van der Waals surface area (Å²) in [6.07, 6.45) is 0. The third-order valence-electron chi connectivity index (χ3n) is 6.38. The Hall–Kier alpha value is -4.61. The number of hydrogen-bond donors (Lipinski definition) is 1. The van der Waals surface area contributed by atoms with Gasteiger partial charge in [-0.05, 0) is 40.5 Å². The average molecular weight is 501 g/mol.